The fourth-order valence-corrected chi connectivity index (χ4v) is 2.79. The summed E-state index contributed by atoms with van der Waals surface area (Å²) in [4.78, 5) is 0. The Morgan fingerprint density at radius 3 is 2.67 bits per heavy atom. The summed E-state index contributed by atoms with van der Waals surface area (Å²) in [5.41, 5.74) is 3.16. The molecule has 1 fully saturated rings. The van der Waals surface area contributed by atoms with Crippen LogP contribution in [0.1, 0.15) is 56.4 Å². The summed E-state index contributed by atoms with van der Waals surface area (Å²) in [5.74, 6) is 0. The number of benzene rings is 1. The quantitative estimate of drug-likeness (QED) is 0.884. The Hall–Kier alpha value is -0.860. The van der Waals surface area contributed by atoms with Crippen LogP contribution < -0.4 is 0 Å². The van der Waals surface area contributed by atoms with Crippen LogP contribution in [0.15, 0.2) is 18.2 Å². The van der Waals surface area contributed by atoms with Gasteiger partial charge in [-0.3, -0.25) is 0 Å². The van der Waals surface area contributed by atoms with E-state index in [1.165, 1.54) is 11.1 Å². The molecule has 0 radical (unpaired) electrons. The van der Waals surface area contributed by atoms with Crippen LogP contribution in [-0.2, 0) is 17.6 Å². The average molecular weight is 248 g/mol. The van der Waals surface area contributed by atoms with Gasteiger partial charge in [0.2, 0.25) is 0 Å². The number of hydrogen-bond donors (Lipinski definition) is 1. The first-order chi connectivity index (χ1) is 8.60. The summed E-state index contributed by atoms with van der Waals surface area (Å²) >= 11 is 0. The third kappa shape index (κ3) is 2.45. The van der Waals surface area contributed by atoms with E-state index in [0.29, 0.717) is 0 Å². The van der Waals surface area contributed by atoms with Crippen molar-refractivity contribution in [3.63, 3.8) is 0 Å². The van der Waals surface area contributed by atoms with Gasteiger partial charge in [0.15, 0.2) is 0 Å². The van der Waals surface area contributed by atoms with Crippen LogP contribution in [0.4, 0.5) is 0 Å². The largest absolute Gasteiger partial charge is 0.385 e. The lowest BCUT2D eigenvalue weighted by Gasteiger charge is -2.31. The Balaban J connectivity index is 2.35. The lowest BCUT2D eigenvalue weighted by Crippen LogP contribution is -2.32. The molecule has 1 aliphatic rings. The van der Waals surface area contributed by atoms with Crippen molar-refractivity contribution in [2.75, 3.05) is 6.61 Å². The molecule has 1 aromatic carbocycles. The highest BCUT2D eigenvalue weighted by molar-refractivity contribution is 5.35. The van der Waals surface area contributed by atoms with Crippen molar-refractivity contribution < 1.29 is 9.84 Å². The van der Waals surface area contributed by atoms with E-state index >= 15 is 0 Å². The van der Waals surface area contributed by atoms with E-state index in [0.717, 1.165) is 37.9 Å². The van der Waals surface area contributed by atoms with Gasteiger partial charge in [0, 0.05) is 6.61 Å². The molecule has 18 heavy (non-hydrogen) atoms. The number of aryl methyl sites for hydroxylation is 2. The highest BCUT2D eigenvalue weighted by Crippen LogP contribution is 2.38. The van der Waals surface area contributed by atoms with Gasteiger partial charge in [-0.2, -0.15) is 0 Å². The molecule has 2 rings (SSSR count). The molecule has 1 aliphatic heterocycles. The molecular formula is C16H24O2. The van der Waals surface area contributed by atoms with E-state index in [1.54, 1.807) is 0 Å². The van der Waals surface area contributed by atoms with E-state index in [-0.39, 0.29) is 0 Å². The van der Waals surface area contributed by atoms with Gasteiger partial charge >= 0.3 is 0 Å². The first-order valence-electron chi connectivity index (χ1n) is 7.04. The van der Waals surface area contributed by atoms with Crippen molar-refractivity contribution in [3.8, 4) is 0 Å². The minimum absolute atomic E-state index is 0.406. The van der Waals surface area contributed by atoms with Gasteiger partial charge < -0.3 is 9.84 Å². The van der Waals surface area contributed by atoms with Crippen molar-refractivity contribution >= 4 is 0 Å². The molecule has 2 atom stereocenters. The predicted molar refractivity (Wildman–Crippen MR) is 73.7 cm³/mol. The van der Waals surface area contributed by atoms with Crippen molar-refractivity contribution in [1.82, 2.24) is 0 Å². The molecule has 1 aromatic rings. The van der Waals surface area contributed by atoms with Gasteiger partial charge in [-0.25, -0.2) is 0 Å². The normalized spacial score (nSPS) is 25.3. The van der Waals surface area contributed by atoms with Gasteiger partial charge in [0.05, 0.1) is 5.60 Å². The monoisotopic (exact) mass is 248 g/mol. The molecule has 0 amide bonds. The minimum Gasteiger partial charge on any atom is -0.385 e. The van der Waals surface area contributed by atoms with Gasteiger partial charge in [-0.05, 0) is 49.3 Å². The van der Waals surface area contributed by atoms with Gasteiger partial charge in [0.1, 0.15) is 6.10 Å². The van der Waals surface area contributed by atoms with Crippen LogP contribution in [0.25, 0.3) is 0 Å². The highest BCUT2D eigenvalue weighted by atomic mass is 16.5. The van der Waals surface area contributed by atoms with Crippen molar-refractivity contribution in [2.24, 2.45) is 0 Å². The molecule has 100 valence electrons. The minimum atomic E-state index is -0.513. The number of aliphatic hydroxyl groups is 1. The zero-order chi connectivity index (χ0) is 13.2. The van der Waals surface area contributed by atoms with Crippen molar-refractivity contribution in [2.45, 2.75) is 58.2 Å². The molecule has 0 aliphatic carbocycles. The molecule has 0 saturated carbocycles. The molecule has 2 nitrogen and oxygen atoms in total. The second-order valence-electron chi connectivity index (χ2n) is 5.41. The van der Waals surface area contributed by atoms with E-state index in [2.05, 4.69) is 32.0 Å². The summed E-state index contributed by atoms with van der Waals surface area (Å²) in [5, 5.41) is 10.7. The van der Waals surface area contributed by atoms with Crippen LogP contribution in [0, 0.1) is 0 Å². The Morgan fingerprint density at radius 2 is 2.11 bits per heavy atom. The Bertz CT molecular complexity index is 406. The average Bonchev–Trinajstić information content (AvgIpc) is 2.85. The molecule has 1 N–H and O–H groups in total. The lowest BCUT2D eigenvalue weighted by molar-refractivity contribution is -0.0799. The number of rotatable bonds is 4. The van der Waals surface area contributed by atoms with Crippen LogP contribution in [0.2, 0.25) is 0 Å². The molecule has 2 unspecified atom stereocenters. The maximum absolute atomic E-state index is 10.7. The summed E-state index contributed by atoms with van der Waals surface area (Å²) < 4.78 is 5.78. The Labute approximate surface area is 110 Å². The van der Waals surface area contributed by atoms with E-state index < -0.39 is 11.7 Å². The maximum Gasteiger partial charge on any atom is 0.108 e. The van der Waals surface area contributed by atoms with E-state index in [1.807, 2.05) is 6.92 Å². The van der Waals surface area contributed by atoms with Gasteiger partial charge in [0.25, 0.3) is 0 Å². The number of hydrogen-bond acceptors (Lipinski definition) is 2. The lowest BCUT2D eigenvalue weighted by atomic mass is 9.86. The molecular weight excluding hydrogens is 224 g/mol. The topological polar surface area (TPSA) is 29.5 Å². The van der Waals surface area contributed by atoms with E-state index in [4.69, 9.17) is 4.74 Å². The first-order valence-corrected chi connectivity index (χ1v) is 7.04. The Kier molecular flexibility index (Phi) is 4.08. The number of aliphatic hydroxyl groups excluding tert-OH is 1. The van der Waals surface area contributed by atoms with Crippen LogP contribution in [-0.4, -0.2) is 17.3 Å². The molecule has 0 bridgehead atoms. The molecule has 1 saturated heterocycles. The summed E-state index contributed by atoms with van der Waals surface area (Å²) in [7, 11) is 0. The smallest absolute Gasteiger partial charge is 0.108 e. The van der Waals surface area contributed by atoms with E-state index in [9.17, 15) is 5.11 Å². The fraction of sp³-hybridized carbons (Fsp3) is 0.625. The maximum atomic E-state index is 10.7. The number of ether oxygens (including phenoxy) is 1. The first kappa shape index (κ1) is 13.6. The predicted octanol–water partition coefficient (Wildman–Crippen LogP) is 3.41. The second kappa shape index (κ2) is 5.41. The van der Waals surface area contributed by atoms with Crippen LogP contribution >= 0.6 is 0 Å². The molecule has 0 aromatic heterocycles. The molecule has 0 spiro atoms. The van der Waals surface area contributed by atoms with Crippen LogP contribution in [0.3, 0.4) is 0 Å². The summed E-state index contributed by atoms with van der Waals surface area (Å²) in [6.45, 7) is 7.07. The zero-order valence-corrected chi connectivity index (χ0v) is 11.7. The molecule has 2 heteroatoms. The fourth-order valence-electron chi connectivity index (χ4n) is 2.79. The van der Waals surface area contributed by atoms with Crippen molar-refractivity contribution in [1.29, 1.82) is 0 Å². The zero-order valence-electron chi connectivity index (χ0n) is 11.7. The second-order valence-corrected chi connectivity index (χ2v) is 5.41. The van der Waals surface area contributed by atoms with Gasteiger partial charge in [-0.15, -0.1) is 0 Å². The van der Waals surface area contributed by atoms with Crippen LogP contribution in [0.5, 0.6) is 0 Å². The third-order valence-electron chi connectivity index (χ3n) is 4.12. The van der Waals surface area contributed by atoms with Gasteiger partial charge in [-0.1, -0.05) is 32.0 Å². The third-order valence-corrected chi connectivity index (χ3v) is 4.12. The summed E-state index contributed by atoms with van der Waals surface area (Å²) in [6, 6.07) is 6.46. The summed E-state index contributed by atoms with van der Waals surface area (Å²) in [6.07, 6.45) is 3.42. The highest BCUT2D eigenvalue weighted by Gasteiger charge is 2.39. The Morgan fingerprint density at radius 1 is 1.33 bits per heavy atom. The molecule has 1 heterocycles. The standard InChI is InChI=1S/C16H24O2/c1-4-12-7-8-13(5-2)14(11-12)15(17)16(3)9-6-10-18-16/h7-8,11,15,17H,4-6,9-10H2,1-3H3. The SMILES string of the molecule is CCc1ccc(CC)c(C(O)C2(C)CCCO2)c1. The van der Waals surface area contributed by atoms with Crippen molar-refractivity contribution in [3.05, 3.63) is 34.9 Å².